The zero-order valence-electron chi connectivity index (χ0n) is 20.8. The molecule has 0 atom stereocenters. The van der Waals surface area contributed by atoms with Crippen LogP contribution in [0.2, 0.25) is 0 Å². The van der Waals surface area contributed by atoms with E-state index in [1.54, 1.807) is 37.3 Å². The Hall–Kier alpha value is -4.68. The molecule has 0 saturated carbocycles. The Morgan fingerprint density at radius 2 is 1.79 bits per heavy atom. The second-order valence-electron chi connectivity index (χ2n) is 9.20. The van der Waals surface area contributed by atoms with E-state index in [0.717, 1.165) is 0 Å². The number of ether oxygens (including phenoxy) is 2. The molecule has 3 heterocycles. The standard InChI is InChI=1S/C27H25FN6O5/c1-27(25(37)31-18-5-3-2-4-6-18)14-38-24(39-15-27)23-33-21(16-7-9-17(28)10-8-16)22(34-23)19-11-12-29-26(32-19)30-13-20(35)36/h2-12,24H,13-15H2,1H3,(H,31,37)(H,33,34)(H,35,36)(H,29,30,32). The van der Waals surface area contributed by atoms with Crippen molar-refractivity contribution in [3.05, 3.63) is 78.5 Å². The number of aromatic nitrogens is 4. The predicted octanol–water partition coefficient (Wildman–Crippen LogP) is 3.86. The molecule has 0 bridgehead atoms. The Bertz CT molecular complexity index is 1470. The lowest BCUT2D eigenvalue weighted by Crippen LogP contribution is -2.45. The van der Waals surface area contributed by atoms with Gasteiger partial charge in [0.05, 0.1) is 35.7 Å². The molecule has 4 aromatic rings. The summed E-state index contributed by atoms with van der Waals surface area (Å²) in [6.45, 7) is 1.55. The summed E-state index contributed by atoms with van der Waals surface area (Å²) >= 11 is 0. The SMILES string of the molecule is CC1(C(=O)Nc2ccccc2)COC(c2nc(-c3ccc(F)cc3)c(-c3ccnc(NCC(=O)O)n3)[nH]2)OC1. The van der Waals surface area contributed by atoms with E-state index in [1.165, 1.54) is 18.3 Å². The fourth-order valence-corrected chi connectivity index (χ4v) is 3.94. The topological polar surface area (TPSA) is 151 Å². The Labute approximate surface area is 222 Å². The molecule has 0 radical (unpaired) electrons. The van der Waals surface area contributed by atoms with Crippen molar-refractivity contribution in [3.8, 4) is 22.6 Å². The third-order valence-electron chi connectivity index (χ3n) is 6.06. The van der Waals surface area contributed by atoms with Crippen molar-refractivity contribution in [3.63, 3.8) is 0 Å². The Morgan fingerprint density at radius 3 is 2.49 bits per heavy atom. The van der Waals surface area contributed by atoms with E-state index in [0.29, 0.717) is 34.2 Å². The summed E-state index contributed by atoms with van der Waals surface area (Å²) in [5, 5.41) is 14.5. The molecule has 1 amide bonds. The van der Waals surface area contributed by atoms with Gasteiger partial charge in [0.15, 0.2) is 5.82 Å². The van der Waals surface area contributed by atoms with Gasteiger partial charge in [-0.1, -0.05) is 18.2 Å². The molecule has 4 N–H and O–H groups in total. The average Bonchev–Trinajstić information content (AvgIpc) is 3.39. The number of amides is 1. The zero-order valence-corrected chi connectivity index (χ0v) is 20.8. The minimum absolute atomic E-state index is 0.0784. The number of para-hydroxylation sites is 1. The van der Waals surface area contributed by atoms with Gasteiger partial charge in [-0.05, 0) is 49.4 Å². The number of carboxylic acid groups (broad SMARTS) is 1. The minimum Gasteiger partial charge on any atom is -0.480 e. The third-order valence-corrected chi connectivity index (χ3v) is 6.06. The van der Waals surface area contributed by atoms with E-state index in [2.05, 4.69) is 30.6 Å². The monoisotopic (exact) mass is 532 g/mol. The maximum absolute atomic E-state index is 13.6. The molecule has 11 nitrogen and oxygen atoms in total. The summed E-state index contributed by atoms with van der Waals surface area (Å²) < 4.78 is 25.5. The lowest BCUT2D eigenvalue weighted by atomic mass is 9.91. The fourth-order valence-electron chi connectivity index (χ4n) is 3.94. The van der Waals surface area contributed by atoms with Crippen LogP contribution in [0.15, 0.2) is 66.9 Å². The molecular formula is C27H25FN6O5. The third kappa shape index (κ3) is 5.92. The number of imidazole rings is 1. The number of carboxylic acids is 1. The summed E-state index contributed by atoms with van der Waals surface area (Å²) in [6, 6.07) is 16.5. The van der Waals surface area contributed by atoms with E-state index >= 15 is 0 Å². The van der Waals surface area contributed by atoms with Gasteiger partial charge >= 0.3 is 5.97 Å². The highest BCUT2D eigenvalue weighted by Gasteiger charge is 2.41. The number of hydrogen-bond donors (Lipinski definition) is 4. The molecule has 12 heteroatoms. The lowest BCUT2D eigenvalue weighted by molar-refractivity contribution is -0.229. The Balaban J connectivity index is 1.39. The molecule has 1 saturated heterocycles. The Kier molecular flexibility index (Phi) is 7.30. The number of hydrogen-bond acceptors (Lipinski definition) is 8. The van der Waals surface area contributed by atoms with Crippen molar-refractivity contribution in [2.45, 2.75) is 13.2 Å². The number of nitrogens with zero attached hydrogens (tertiary/aromatic N) is 3. The number of aromatic amines is 1. The van der Waals surface area contributed by atoms with E-state index in [1.807, 2.05) is 18.2 Å². The van der Waals surface area contributed by atoms with Crippen molar-refractivity contribution in [2.24, 2.45) is 5.41 Å². The molecule has 1 aliphatic heterocycles. The number of anilines is 2. The molecule has 2 aromatic carbocycles. The van der Waals surface area contributed by atoms with Crippen LogP contribution in [0.4, 0.5) is 16.0 Å². The second-order valence-corrected chi connectivity index (χ2v) is 9.20. The first-order valence-corrected chi connectivity index (χ1v) is 12.1. The van der Waals surface area contributed by atoms with Crippen LogP contribution in [0.25, 0.3) is 22.6 Å². The first-order chi connectivity index (χ1) is 18.8. The van der Waals surface area contributed by atoms with E-state index in [4.69, 9.17) is 14.6 Å². The molecule has 200 valence electrons. The highest BCUT2D eigenvalue weighted by molar-refractivity contribution is 5.95. The molecule has 0 unspecified atom stereocenters. The van der Waals surface area contributed by atoms with Crippen molar-refractivity contribution in [2.75, 3.05) is 30.4 Å². The molecule has 5 rings (SSSR count). The largest absolute Gasteiger partial charge is 0.480 e. The van der Waals surface area contributed by atoms with Gasteiger partial charge < -0.3 is 30.2 Å². The van der Waals surface area contributed by atoms with Crippen LogP contribution in [0.5, 0.6) is 0 Å². The second kappa shape index (κ2) is 11.0. The summed E-state index contributed by atoms with van der Waals surface area (Å²) in [5.41, 5.74) is 1.69. The van der Waals surface area contributed by atoms with E-state index in [9.17, 15) is 14.0 Å². The first kappa shape index (κ1) is 25.9. The number of carbonyl (C=O) groups is 2. The fraction of sp³-hybridized carbons (Fsp3) is 0.222. The number of benzene rings is 2. The van der Waals surface area contributed by atoms with Crippen molar-refractivity contribution in [1.29, 1.82) is 0 Å². The molecule has 1 fully saturated rings. The van der Waals surface area contributed by atoms with Gasteiger partial charge in [0, 0.05) is 17.4 Å². The van der Waals surface area contributed by atoms with Crippen LogP contribution < -0.4 is 10.6 Å². The summed E-state index contributed by atoms with van der Waals surface area (Å²) in [5.74, 6) is -1.25. The van der Waals surface area contributed by atoms with Gasteiger partial charge in [-0.2, -0.15) is 0 Å². The molecular weight excluding hydrogens is 507 g/mol. The average molecular weight is 533 g/mol. The summed E-state index contributed by atoms with van der Waals surface area (Å²) in [6.07, 6.45) is 0.577. The highest BCUT2D eigenvalue weighted by Crippen LogP contribution is 2.36. The molecule has 0 aliphatic carbocycles. The van der Waals surface area contributed by atoms with E-state index in [-0.39, 0.29) is 31.6 Å². The number of aliphatic carboxylic acids is 1. The van der Waals surface area contributed by atoms with Gasteiger partial charge in [0.1, 0.15) is 12.4 Å². The number of nitrogens with one attached hydrogen (secondary N) is 3. The summed E-state index contributed by atoms with van der Waals surface area (Å²) in [4.78, 5) is 40.2. The number of halogens is 1. The van der Waals surface area contributed by atoms with Gasteiger partial charge in [-0.15, -0.1) is 0 Å². The van der Waals surface area contributed by atoms with Crippen LogP contribution in [0, 0.1) is 11.2 Å². The summed E-state index contributed by atoms with van der Waals surface area (Å²) in [7, 11) is 0. The van der Waals surface area contributed by atoms with Gasteiger partial charge in [-0.3, -0.25) is 9.59 Å². The maximum Gasteiger partial charge on any atom is 0.322 e. The van der Waals surface area contributed by atoms with E-state index < -0.39 is 23.5 Å². The minimum atomic E-state index is -1.06. The lowest BCUT2D eigenvalue weighted by Gasteiger charge is -2.35. The van der Waals surface area contributed by atoms with Gasteiger partial charge in [0.2, 0.25) is 18.1 Å². The number of H-pyrrole nitrogens is 1. The normalized spacial score (nSPS) is 18.9. The maximum atomic E-state index is 13.6. The van der Waals surface area contributed by atoms with Gasteiger partial charge in [0.25, 0.3) is 0 Å². The van der Waals surface area contributed by atoms with Crippen LogP contribution in [0.3, 0.4) is 0 Å². The van der Waals surface area contributed by atoms with Crippen LogP contribution in [-0.2, 0) is 19.1 Å². The molecule has 1 aliphatic rings. The number of carbonyl (C=O) groups excluding carboxylic acids is 1. The zero-order chi connectivity index (χ0) is 27.4. The molecule has 2 aromatic heterocycles. The highest BCUT2D eigenvalue weighted by atomic mass is 19.1. The van der Waals surface area contributed by atoms with Crippen LogP contribution >= 0.6 is 0 Å². The van der Waals surface area contributed by atoms with Crippen molar-refractivity contribution >= 4 is 23.5 Å². The van der Waals surface area contributed by atoms with Crippen molar-refractivity contribution < 1.29 is 28.6 Å². The predicted molar refractivity (Wildman–Crippen MR) is 139 cm³/mol. The Morgan fingerprint density at radius 1 is 1.08 bits per heavy atom. The molecule has 39 heavy (non-hydrogen) atoms. The molecule has 0 spiro atoms. The quantitative estimate of drug-likeness (QED) is 0.265. The van der Waals surface area contributed by atoms with Crippen LogP contribution in [0.1, 0.15) is 19.0 Å². The van der Waals surface area contributed by atoms with Crippen LogP contribution in [-0.4, -0.2) is 56.7 Å². The smallest absolute Gasteiger partial charge is 0.322 e. The van der Waals surface area contributed by atoms with Crippen molar-refractivity contribution in [1.82, 2.24) is 19.9 Å². The first-order valence-electron chi connectivity index (χ1n) is 12.1. The van der Waals surface area contributed by atoms with Gasteiger partial charge in [-0.25, -0.2) is 19.3 Å². The number of rotatable bonds is 8.